The molecule has 3 aromatic rings. The highest BCUT2D eigenvalue weighted by Gasteiger charge is 2.25. The molecule has 8 heteroatoms. The van der Waals surface area contributed by atoms with Crippen LogP contribution in [0.1, 0.15) is 20.7 Å². The van der Waals surface area contributed by atoms with Crippen LogP contribution in [0, 0.1) is 0 Å². The number of hydrogen-bond acceptors (Lipinski definition) is 4. The molecular weight excluding hydrogens is 403 g/mol. The lowest BCUT2D eigenvalue weighted by atomic mass is 10.0. The zero-order valence-electron chi connectivity index (χ0n) is 14.3. The van der Waals surface area contributed by atoms with Gasteiger partial charge in [-0.3, -0.25) is 8.84 Å². The molecule has 0 saturated carbocycles. The predicted molar refractivity (Wildman–Crippen MR) is 109 cm³/mol. The molecule has 0 fully saturated rings. The lowest BCUT2D eigenvalue weighted by Gasteiger charge is -2.23. The van der Waals surface area contributed by atoms with Crippen molar-refractivity contribution in [2.24, 2.45) is 0 Å². The van der Waals surface area contributed by atoms with Crippen molar-refractivity contribution < 1.29 is 19.8 Å². The molecule has 0 unspecified atom stereocenters. The molecule has 0 aliphatic carbocycles. The van der Waals surface area contributed by atoms with Crippen molar-refractivity contribution in [3.8, 4) is 0 Å². The molecule has 0 bridgehead atoms. The van der Waals surface area contributed by atoms with Gasteiger partial charge in [0.15, 0.2) is 0 Å². The van der Waals surface area contributed by atoms with Crippen LogP contribution in [0.25, 0.3) is 0 Å². The van der Waals surface area contributed by atoms with Crippen LogP contribution in [-0.4, -0.2) is 22.2 Å². The SMILES string of the molecule is O=C(O)c1cc(N(Cl)c2ccccc2)c(C(=O)O)cc1N(Cl)c1ccccc1. The molecule has 0 spiro atoms. The number of para-hydroxylation sites is 2. The summed E-state index contributed by atoms with van der Waals surface area (Å²) in [5.41, 5.74) is 0.614. The van der Waals surface area contributed by atoms with Gasteiger partial charge >= 0.3 is 11.9 Å². The molecule has 3 rings (SSSR count). The quantitative estimate of drug-likeness (QED) is 0.504. The summed E-state index contributed by atoms with van der Waals surface area (Å²) in [6, 6.07) is 19.6. The zero-order valence-corrected chi connectivity index (χ0v) is 15.8. The maximum absolute atomic E-state index is 11.9. The van der Waals surface area contributed by atoms with Gasteiger partial charge in [-0.05, 0) is 36.4 Å². The number of carboxylic acid groups (broad SMARTS) is 2. The summed E-state index contributed by atoms with van der Waals surface area (Å²) in [5, 5.41) is 19.3. The van der Waals surface area contributed by atoms with Crippen molar-refractivity contribution >= 4 is 58.2 Å². The highest BCUT2D eigenvalue weighted by molar-refractivity contribution is 6.32. The third kappa shape index (κ3) is 3.88. The Kier molecular flexibility index (Phi) is 5.73. The number of hydrogen-bond donors (Lipinski definition) is 2. The molecule has 6 nitrogen and oxygen atoms in total. The number of nitrogens with zero attached hydrogens (tertiary/aromatic N) is 2. The molecule has 0 aliphatic heterocycles. The average Bonchev–Trinajstić information content (AvgIpc) is 2.72. The fourth-order valence-corrected chi connectivity index (χ4v) is 3.15. The molecule has 28 heavy (non-hydrogen) atoms. The Morgan fingerprint density at radius 2 is 0.964 bits per heavy atom. The summed E-state index contributed by atoms with van der Waals surface area (Å²) in [5.74, 6) is -2.54. The van der Waals surface area contributed by atoms with E-state index < -0.39 is 11.9 Å². The Morgan fingerprint density at radius 3 is 1.25 bits per heavy atom. The average molecular weight is 417 g/mol. The molecule has 0 radical (unpaired) electrons. The Morgan fingerprint density at radius 1 is 0.643 bits per heavy atom. The van der Waals surface area contributed by atoms with Crippen LogP contribution >= 0.6 is 23.6 Å². The number of carboxylic acids is 2. The molecule has 0 aromatic heterocycles. The first kappa shape index (κ1) is 19.5. The van der Waals surface area contributed by atoms with E-state index in [1.165, 1.54) is 12.1 Å². The number of anilines is 4. The van der Waals surface area contributed by atoms with Gasteiger partial charge in [-0.2, -0.15) is 0 Å². The Hall–Kier alpha value is -3.22. The lowest BCUT2D eigenvalue weighted by molar-refractivity contribution is 0.0682. The summed E-state index contributed by atoms with van der Waals surface area (Å²) in [4.78, 5) is 23.7. The smallest absolute Gasteiger partial charge is 0.337 e. The Balaban J connectivity index is 2.19. The second kappa shape index (κ2) is 8.21. The molecule has 0 atom stereocenters. The minimum atomic E-state index is -1.27. The maximum Gasteiger partial charge on any atom is 0.337 e. The summed E-state index contributed by atoms with van der Waals surface area (Å²) in [6.45, 7) is 0. The van der Waals surface area contributed by atoms with Gasteiger partial charge in [0.1, 0.15) is 0 Å². The molecule has 0 amide bonds. The summed E-state index contributed by atoms with van der Waals surface area (Å²) in [7, 11) is 0. The second-order valence-corrected chi connectivity index (χ2v) is 6.41. The van der Waals surface area contributed by atoms with E-state index in [9.17, 15) is 19.8 Å². The first-order chi connectivity index (χ1) is 13.4. The van der Waals surface area contributed by atoms with Gasteiger partial charge in [-0.1, -0.05) is 36.4 Å². The maximum atomic E-state index is 11.9. The Bertz CT molecular complexity index is 930. The van der Waals surface area contributed by atoms with Crippen molar-refractivity contribution in [3.05, 3.63) is 83.9 Å². The Labute approximate surface area is 171 Å². The van der Waals surface area contributed by atoms with Crippen LogP contribution in [0.2, 0.25) is 0 Å². The molecule has 3 aromatic carbocycles. The fourth-order valence-electron chi connectivity index (χ4n) is 2.64. The van der Waals surface area contributed by atoms with E-state index in [4.69, 9.17) is 23.6 Å². The lowest BCUT2D eigenvalue weighted by Crippen LogP contribution is -2.15. The topological polar surface area (TPSA) is 81.1 Å². The third-order valence-corrected chi connectivity index (χ3v) is 4.72. The van der Waals surface area contributed by atoms with Crippen molar-refractivity contribution in [3.63, 3.8) is 0 Å². The van der Waals surface area contributed by atoms with Crippen molar-refractivity contribution in [2.45, 2.75) is 0 Å². The first-order valence-corrected chi connectivity index (χ1v) is 8.74. The molecule has 2 N–H and O–H groups in total. The minimum absolute atomic E-state index is 0.0136. The number of rotatable bonds is 6. The van der Waals surface area contributed by atoms with Gasteiger partial charge in [0.05, 0.1) is 33.9 Å². The number of benzene rings is 3. The first-order valence-electron chi connectivity index (χ1n) is 8.06. The molecule has 0 aliphatic rings. The van der Waals surface area contributed by atoms with Crippen LogP contribution in [0.3, 0.4) is 0 Å². The standard InChI is InChI=1S/C20H14Cl2N2O4/c21-23(13-7-3-1-4-8-13)17-11-16(20(27)28)18(12-15(17)19(25)26)24(22)14-9-5-2-6-10-14/h1-12H,(H,25,26)(H,27,28). The summed E-state index contributed by atoms with van der Waals surface area (Å²) in [6.07, 6.45) is 0. The number of carbonyl (C=O) groups is 2. The van der Waals surface area contributed by atoms with E-state index in [0.717, 1.165) is 8.84 Å². The van der Waals surface area contributed by atoms with E-state index in [-0.39, 0.29) is 22.5 Å². The zero-order chi connectivity index (χ0) is 20.3. The van der Waals surface area contributed by atoms with Crippen LogP contribution in [-0.2, 0) is 0 Å². The second-order valence-electron chi connectivity index (χ2n) is 5.73. The number of halogens is 2. The molecule has 142 valence electrons. The van der Waals surface area contributed by atoms with E-state index >= 15 is 0 Å². The molecular formula is C20H14Cl2N2O4. The minimum Gasteiger partial charge on any atom is -0.478 e. The fraction of sp³-hybridized carbons (Fsp3) is 0. The van der Waals surface area contributed by atoms with E-state index in [2.05, 4.69) is 0 Å². The molecule has 0 heterocycles. The van der Waals surface area contributed by atoms with Gasteiger partial charge in [-0.25, -0.2) is 9.59 Å². The van der Waals surface area contributed by atoms with Crippen molar-refractivity contribution in [1.29, 1.82) is 0 Å². The van der Waals surface area contributed by atoms with Gasteiger partial charge in [-0.15, -0.1) is 0 Å². The van der Waals surface area contributed by atoms with Gasteiger partial charge in [0, 0.05) is 23.6 Å². The van der Waals surface area contributed by atoms with Crippen molar-refractivity contribution in [2.75, 3.05) is 8.84 Å². The van der Waals surface area contributed by atoms with E-state index in [0.29, 0.717) is 11.4 Å². The summed E-state index contributed by atoms with van der Waals surface area (Å²) >= 11 is 12.7. The van der Waals surface area contributed by atoms with Crippen LogP contribution in [0.4, 0.5) is 22.7 Å². The van der Waals surface area contributed by atoms with E-state index in [1.807, 2.05) is 0 Å². The summed E-state index contributed by atoms with van der Waals surface area (Å²) < 4.78 is 2.20. The predicted octanol–water partition coefficient (Wildman–Crippen LogP) is 5.67. The van der Waals surface area contributed by atoms with Gasteiger partial charge in [0.25, 0.3) is 0 Å². The normalized spacial score (nSPS) is 10.4. The van der Waals surface area contributed by atoms with Crippen LogP contribution in [0.5, 0.6) is 0 Å². The van der Waals surface area contributed by atoms with Crippen molar-refractivity contribution in [1.82, 2.24) is 0 Å². The van der Waals surface area contributed by atoms with Gasteiger partial charge in [0.2, 0.25) is 0 Å². The number of aromatic carboxylic acids is 2. The third-order valence-electron chi connectivity index (χ3n) is 3.96. The molecule has 0 saturated heterocycles. The van der Waals surface area contributed by atoms with Crippen LogP contribution < -0.4 is 8.84 Å². The highest BCUT2D eigenvalue weighted by atomic mass is 35.5. The monoisotopic (exact) mass is 416 g/mol. The van der Waals surface area contributed by atoms with Gasteiger partial charge < -0.3 is 10.2 Å². The largest absolute Gasteiger partial charge is 0.478 e. The highest BCUT2D eigenvalue weighted by Crippen LogP contribution is 2.38. The van der Waals surface area contributed by atoms with E-state index in [1.54, 1.807) is 60.7 Å². The van der Waals surface area contributed by atoms with Crippen LogP contribution in [0.15, 0.2) is 72.8 Å².